The topological polar surface area (TPSA) is 47.4 Å². The summed E-state index contributed by atoms with van der Waals surface area (Å²) in [6.45, 7) is 4.02. The molecule has 122 valence electrons. The fourth-order valence-corrected chi connectivity index (χ4v) is 2.99. The first-order valence-corrected chi connectivity index (χ1v) is 8.09. The molecule has 0 bridgehead atoms. The normalized spacial score (nSPS) is 15.8. The molecule has 1 aliphatic rings. The zero-order chi connectivity index (χ0) is 16.2. The molecule has 1 amide bonds. The van der Waals surface area contributed by atoms with Crippen LogP contribution in [0.25, 0.3) is 0 Å². The van der Waals surface area contributed by atoms with Gasteiger partial charge in [0.1, 0.15) is 5.69 Å². The average Bonchev–Trinajstić information content (AvgIpc) is 2.92. The van der Waals surface area contributed by atoms with Crippen LogP contribution >= 0.6 is 0 Å². The summed E-state index contributed by atoms with van der Waals surface area (Å²) >= 11 is 0. The number of carbonyl (C=O) groups excluding carboxylic acids is 1. The van der Waals surface area contributed by atoms with E-state index < -0.39 is 0 Å². The third-order valence-electron chi connectivity index (χ3n) is 4.28. The van der Waals surface area contributed by atoms with Crippen LogP contribution in [-0.4, -0.2) is 39.8 Å². The van der Waals surface area contributed by atoms with Gasteiger partial charge < -0.3 is 9.64 Å². The summed E-state index contributed by atoms with van der Waals surface area (Å²) in [5, 5.41) is 4.25. The van der Waals surface area contributed by atoms with Crippen LogP contribution in [0.2, 0.25) is 0 Å². The van der Waals surface area contributed by atoms with Crippen molar-refractivity contribution in [2.24, 2.45) is 7.05 Å². The van der Waals surface area contributed by atoms with Gasteiger partial charge in [0.15, 0.2) is 0 Å². The standard InChI is InChI=1S/C18H23N3O2/c1-14-12-17(20(2)19-14)18(22)21-10-8-16(9-11-21)23-13-15-6-4-3-5-7-15/h3-7,12,16H,8-11,13H2,1-2H3. The second-order valence-corrected chi connectivity index (χ2v) is 6.08. The first-order chi connectivity index (χ1) is 11.1. The number of ether oxygens (including phenoxy) is 1. The number of aromatic nitrogens is 2. The van der Waals surface area contributed by atoms with E-state index in [9.17, 15) is 4.79 Å². The van der Waals surface area contributed by atoms with E-state index in [2.05, 4.69) is 17.2 Å². The molecule has 1 aromatic carbocycles. The van der Waals surface area contributed by atoms with Crippen molar-refractivity contribution in [3.05, 3.63) is 53.3 Å². The molecule has 5 nitrogen and oxygen atoms in total. The van der Waals surface area contributed by atoms with E-state index in [0.717, 1.165) is 31.6 Å². The van der Waals surface area contributed by atoms with E-state index in [1.807, 2.05) is 43.1 Å². The highest BCUT2D eigenvalue weighted by molar-refractivity contribution is 5.92. The van der Waals surface area contributed by atoms with Crippen LogP contribution in [0.1, 0.15) is 34.6 Å². The highest BCUT2D eigenvalue weighted by Crippen LogP contribution is 2.18. The number of aryl methyl sites for hydroxylation is 2. The quantitative estimate of drug-likeness (QED) is 0.871. The summed E-state index contributed by atoms with van der Waals surface area (Å²) < 4.78 is 7.64. The lowest BCUT2D eigenvalue weighted by Crippen LogP contribution is -2.41. The fourth-order valence-electron chi connectivity index (χ4n) is 2.99. The molecule has 3 rings (SSSR count). The highest BCUT2D eigenvalue weighted by atomic mass is 16.5. The van der Waals surface area contributed by atoms with Gasteiger partial charge in [0.25, 0.3) is 5.91 Å². The van der Waals surface area contributed by atoms with Crippen LogP contribution < -0.4 is 0 Å². The second kappa shape index (κ2) is 6.96. The molecular formula is C18H23N3O2. The minimum Gasteiger partial charge on any atom is -0.373 e. The number of amides is 1. The Bertz CT molecular complexity index is 658. The molecule has 2 heterocycles. The van der Waals surface area contributed by atoms with Crippen molar-refractivity contribution >= 4 is 5.91 Å². The molecule has 0 spiro atoms. The smallest absolute Gasteiger partial charge is 0.272 e. The molecule has 0 radical (unpaired) electrons. The van der Waals surface area contributed by atoms with Gasteiger partial charge in [-0.3, -0.25) is 9.48 Å². The van der Waals surface area contributed by atoms with Gasteiger partial charge in [0, 0.05) is 20.1 Å². The molecule has 1 fully saturated rings. The van der Waals surface area contributed by atoms with Crippen LogP contribution in [0.5, 0.6) is 0 Å². The minimum absolute atomic E-state index is 0.0645. The maximum Gasteiger partial charge on any atom is 0.272 e. The monoisotopic (exact) mass is 313 g/mol. The first-order valence-electron chi connectivity index (χ1n) is 8.09. The summed E-state index contributed by atoms with van der Waals surface area (Å²) in [5.74, 6) is 0.0645. The summed E-state index contributed by atoms with van der Waals surface area (Å²) in [7, 11) is 1.82. The maximum absolute atomic E-state index is 12.5. The number of piperidine rings is 1. The molecule has 1 aliphatic heterocycles. The van der Waals surface area contributed by atoms with E-state index in [0.29, 0.717) is 12.3 Å². The Balaban J connectivity index is 1.50. The highest BCUT2D eigenvalue weighted by Gasteiger charge is 2.25. The van der Waals surface area contributed by atoms with Crippen LogP contribution in [0, 0.1) is 6.92 Å². The average molecular weight is 313 g/mol. The van der Waals surface area contributed by atoms with Gasteiger partial charge in [-0.1, -0.05) is 30.3 Å². The molecule has 1 saturated heterocycles. The van der Waals surface area contributed by atoms with Crippen molar-refractivity contribution in [2.75, 3.05) is 13.1 Å². The lowest BCUT2D eigenvalue weighted by Gasteiger charge is -2.31. The molecule has 0 saturated carbocycles. The Labute approximate surface area is 136 Å². The Morgan fingerprint density at radius 3 is 2.57 bits per heavy atom. The first kappa shape index (κ1) is 15.7. The third-order valence-corrected chi connectivity index (χ3v) is 4.28. The summed E-state index contributed by atoms with van der Waals surface area (Å²) in [6.07, 6.45) is 2.00. The van der Waals surface area contributed by atoms with E-state index in [1.165, 1.54) is 5.56 Å². The fraction of sp³-hybridized carbons (Fsp3) is 0.444. The van der Waals surface area contributed by atoms with Crippen molar-refractivity contribution < 1.29 is 9.53 Å². The van der Waals surface area contributed by atoms with Gasteiger partial charge in [0.05, 0.1) is 18.4 Å². The van der Waals surface area contributed by atoms with Gasteiger partial charge in [-0.15, -0.1) is 0 Å². The molecule has 23 heavy (non-hydrogen) atoms. The lowest BCUT2D eigenvalue weighted by atomic mass is 10.1. The maximum atomic E-state index is 12.5. The van der Waals surface area contributed by atoms with Crippen LogP contribution in [0.15, 0.2) is 36.4 Å². The van der Waals surface area contributed by atoms with E-state index in [1.54, 1.807) is 4.68 Å². The molecular weight excluding hydrogens is 290 g/mol. The zero-order valence-electron chi connectivity index (χ0n) is 13.7. The minimum atomic E-state index is 0.0645. The SMILES string of the molecule is Cc1cc(C(=O)N2CCC(OCc3ccccc3)CC2)n(C)n1. The van der Waals surface area contributed by atoms with E-state index >= 15 is 0 Å². The zero-order valence-corrected chi connectivity index (χ0v) is 13.7. The predicted octanol–water partition coefficient (Wildman–Crippen LogP) is 2.55. The summed E-state index contributed by atoms with van der Waals surface area (Å²) in [4.78, 5) is 14.4. The molecule has 5 heteroatoms. The second-order valence-electron chi connectivity index (χ2n) is 6.08. The molecule has 0 unspecified atom stereocenters. The molecule has 0 aliphatic carbocycles. The molecule has 1 aromatic heterocycles. The molecule has 2 aromatic rings. The largest absolute Gasteiger partial charge is 0.373 e. The van der Waals surface area contributed by atoms with Gasteiger partial charge in [-0.05, 0) is 31.4 Å². The van der Waals surface area contributed by atoms with Gasteiger partial charge >= 0.3 is 0 Å². The van der Waals surface area contributed by atoms with Crippen molar-refractivity contribution in [1.82, 2.24) is 14.7 Å². The summed E-state index contributed by atoms with van der Waals surface area (Å²) in [6, 6.07) is 12.0. The van der Waals surface area contributed by atoms with Crippen LogP contribution in [-0.2, 0) is 18.4 Å². The van der Waals surface area contributed by atoms with Crippen molar-refractivity contribution in [3.63, 3.8) is 0 Å². The molecule has 0 atom stereocenters. The van der Waals surface area contributed by atoms with E-state index in [-0.39, 0.29) is 12.0 Å². The Morgan fingerprint density at radius 2 is 1.96 bits per heavy atom. The van der Waals surface area contributed by atoms with Crippen molar-refractivity contribution in [3.8, 4) is 0 Å². The number of rotatable bonds is 4. The Morgan fingerprint density at radius 1 is 1.26 bits per heavy atom. The Kier molecular flexibility index (Phi) is 4.76. The predicted molar refractivity (Wildman–Crippen MR) is 88.1 cm³/mol. The lowest BCUT2D eigenvalue weighted by molar-refractivity contribution is -0.000609. The third kappa shape index (κ3) is 3.79. The number of hydrogen-bond donors (Lipinski definition) is 0. The van der Waals surface area contributed by atoms with Crippen LogP contribution in [0.3, 0.4) is 0 Å². The van der Waals surface area contributed by atoms with Crippen molar-refractivity contribution in [1.29, 1.82) is 0 Å². The summed E-state index contributed by atoms with van der Waals surface area (Å²) in [5.41, 5.74) is 2.72. The number of likely N-dealkylation sites (tertiary alicyclic amines) is 1. The number of nitrogens with zero attached hydrogens (tertiary/aromatic N) is 3. The van der Waals surface area contributed by atoms with Gasteiger partial charge in [-0.2, -0.15) is 5.10 Å². The Hall–Kier alpha value is -2.14. The van der Waals surface area contributed by atoms with Crippen LogP contribution in [0.4, 0.5) is 0 Å². The van der Waals surface area contributed by atoms with Gasteiger partial charge in [-0.25, -0.2) is 0 Å². The van der Waals surface area contributed by atoms with Crippen molar-refractivity contribution in [2.45, 2.75) is 32.5 Å². The number of benzene rings is 1. The number of carbonyl (C=O) groups is 1. The van der Waals surface area contributed by atoms with E-state index in [4.69, 9.17) is 4.74 Å². The molecule has 0 N–H and O–H groups in total. The van der Waals surface area contributed by atoms with Gasteiger partial charge in [0.2, 0.25) is 0 Å². The number of hydrogen-bond acceptors (Lipinski definition) is 3.